The molecule has 1 amide bonds. The van der Waals surface area contributed by atoms with Crippen LogP contribution in [0.2, 0.25) is 0 Å². The van der Waals surface area contributed by atoms with E-state index in [1.165, 1.54) is 0 Å². The Bertz CT molecular complexity index is 804. The molecule has 2 aromatic heterocycles. The number of aliphatic hydroxyl groups is 1. The molecule has 1 aliphatic heterocycles. The Balaban J connectivity index is 1.70. The van der Waals surface area contributed by atoms with Crippen molar-refractivity contribution < 1.29 is 14.4 Å². The van der Waals surface area contributed by atoms with Gasteiger partial charge in [-0.25, -0.2) is 9.97 Å². The van der Waals surface area contributed by atoms with Crippen LogP contribution < -0.4 is 10.2 Å². The Morgan fingerprint density at radius 3 is 2.77 bits per heavy atom. The Morgan fingerprint density at radius 1 is 1.38 bits per heavy atom. The summed E-state index contributed by atoms with van der Waals surface area (Å²) in [7, 11) is 0. The maximum Gasteiger partial charge on any atom is 0.273 e. The van der Waals surface area contributed by atoms with E-state index in [1.807, 2.05) is 13.8 Å². The standard InChI is InChI=1S/C18H25N5O3/c1-5-13-11(3)19-12(4)20-17(13)23-7-6-14(16(24)9-23)21-18(25)15-8-10(2)26-22-15/h8,14,16,24H,5-7,9H2,1-4H3,(H,21,25)/t14-,16-/m0/s1. The molecule has 0 saturated carbocycles. The zero-order valence-corrected chi connectivity index (χ0v) is 15.6. The minimum Gasteiger partial charge on any atom is -0.389 e. The topological polar surface area (TPSA) is 104 Å². The van der Waals surface area contributed by atoms with Crippen molar-refractivity contribution >= 4 is 11.7 Å². The number of carbonyl (C=O) groups excluding carboxylic acids is 1. The van der Waals surface area contributed by atoms with Gasteiger partial charge in [0.25, 0.3) is 5.91 Å². The fraction of sp³-hybridized carbons (Fsp3) is 0.556. The molecule has 2 N–H and O–H groups in total. The quantitative estimate of drug-likeness (QED) is 0.848. The second-order valence-corrected chi connectivity index (χ2v) is 6.72. The molecule has 0 unspecified atom stereocenters. The van der Waals surface area contributed by atoms with Gasteiger partial charge in [0.05, 0.1) is 12.1 Å². The van der Waals surface area contributed by atoms with Gasteiger partial charge in [-0.2, -0.15) is 0 Å². The number of aliphatic hydroxyl groups excluding tert-OH is 1. The lowest BCUT2D eigenvalue weighted by Gasteiger charge is -2.37. The van der Waals surface area contributed by atoms with Gasteiger partial charge in [0.1, 0.15) is 17.4 Å². The van der Waals surface area contributed by atoms with Gasteiger partial charge in [0.2, 0.25) is 0 Å². The highest BCUT2D eigenvalue weighted by atomic mass is 16.5. The molecule has 0 spiro atoms. The first-order valence-electron chi connectivity index (χ1n) is 8.90. The van der Waals surface area contributed by atoms with Crippen LogP contribution in [0.5, 0.6) is 0 Å². The van der Waals surface area contributed by atoms with Crippen LogP contribution in [-0.4, -0.2) is 51.4 Å². The van der Waals surface area contributed by atoms with E-state index >= 15 is 0 Å². The SMILES string of the molecule is CCc1c(C)nc(C)nc1N1CC[C@H](NC(=O)c2cc(C)on2)[C@@H](O)C1. The van der Waals surface area contributed by atoms with E-state index in [2.05, 4.69) is 32.3 Å². The normalized spacial score (nSPS) is 20.3. The minimum absolute atomic E-state index is 0.229. The second-order valence-electron chi connectivity index (χ2n) is 6.72. The number of hydrogen-bond donors (Lipinski definition) is 2. The third-order valence-corrected chi connectivity index (χ3v) is 4.72. The molecule has 26 heavy (non-hydrogen) atoms. The fourth-order valence-corrected chi connectivity index (χ4v) is 3.40. The van der Waals surface area contributed by atoms with Crippen LogP contribution in [0.4, 0.5) is 5.82 Å². The molecule has 1 aliphatic rings. The fourth-order valence-electron chi connectivity index (χ4n) is 3.40. The van der Waals surface area contributed by atoms with Crippen LogP contribution in [0.3, 0.4) is 0 Å². The van der Waals surface area contributed by atoms with E-state index < -0.39 is 6.10 Å². The van der Waals surface area contributed by atoms with Gasteiger partial charge in [-0.1, -0.05) is 12.1 Å². The molecule has 0 aromatic carbocycles. The molecule has 8 nitrogen and oxygen atoms in total. The van der Waals surface area contributed by atoms with Crippen molar-refractivity contribution in [3.05, 3.63) is 34.6 Å². The van der Waals surface area contributed by atoms with E-state index in [4.69, 9.17) is 4.52 Å². The lowest BCUT2D eigenvalue weighted by molar-refractivity contribution is 0.0789. The van der Waals surface area contributed by atoms with Gasteiger partial charge in [0, 0.05) is 30.4 Å². The molecule has 3 rings (SSSR count). The van der Waals surface area contributed by atoms with Crippen LogP contribution in [0.25, 0.3) is 0 Å². The summed E-state index contributed by atoms with van der Waals surface area (Å²) in [4.78, 5) is 23.3. The summed E-state index contributed by atoms with van der Waals surface area (Å²) in [6.07, 6.45) is 0.760. The highest BCUT2D eigenvalue weighted by Crippen LogP contribution is 2.25. The van der Waals surface area contributed by atoms with Crippen molar-refractivity contribution in [2.75, 3.05) is 18.0 Å². The van der Waals surface area contributed by atoms with Crippen LogP contribution in [-0.2, 0) is 6.42 Å². The third-order valence-electron chi connectivity index (χ3n) is 4.72. The minimum atomic E-state index is -0.694. The summed E-state index contributed by atoms with van der Waals surface area (Å²) in [5.74, 6) is 1.85. The molecule has 1 fully saturated rings. The molecular formula is C18H25N5O3. The number of hydrogen-bond acceptors (Lipinski definition) is 7. The Labute approximate surface area is 152 Å². The van der Waals surface area contributed by atoms with Crippen molar-refractivity contribution in [3.8, 4) is 0 Å². The number of piperidine rings is 1. The summed E-state index contributed by atoms with van der Waals surface area (Å²) in [5, 5.41) is 17.1. The second kappa shape index (κ2) is 7.41. The number of aryl methyl sites for hydroxylation is 3. The summed E-state index contributed by atoms with van der Waals surface area (Å²) < 4.78 is 4.93. The van der Waals surface area contributed by atoms with Gasteiger partial charge < -0.3 is 19.8 Å². The number of β-amino-alcohol motifs (C(OH)–C–C–N with tert-alkyl or cyclic N) is 1. The zero-order chi connectivity index (χ0) is 18.8. The van der Waals surface area contributed by atoms with Crippen molar-refractivity contribution in [1.29, 1.82) is 0 Å². The Hall–Kier alpha value is -2.48. The first-order valence-corrected chi connectivity index (χ1v) is 8.90. The van der Waals surface area contributed by atoms with Crippen molar-refractivity contribution in [2.45, 2.75) is 52.7 Å². The van der Waals surface area contributed by atoms with E-state index in [-0.39, 0.29) is 17.6 Å². The number of rotatable bonds is 4. The number of carbonyl (C=O) groups is 1. The van der Waals surface area contributed by atoms with Gasteiger partial charge >= 0.3 is 0 Å². The maximum atomic E-state index is 12.2. The molecule has 2 aromatic rings. The number of nitrogens with one attached hydrogen (secondary N) is 1. The molecule has 8 heteroatoms. The highest BCUT2D eigenvalue weighted by molar-refractivity contribution is 5.92. The average Bonchev–Trinajstić information content (AvgIpc) is 3.02. The Kier molecular flexibility index (Phi) is 5.22. The van der Waals surface area contributed by atoms with Gasteiger partial charge in [-0.15, -0.1) is 0 Å². The largest absolute Gasteiger partial charge is 0.389 e. The summed E-state index contributed by atoms with van der Waals surface area (Å²) >= 11 is 0. The molecule has 2 atom stereocenters. The summed E-state index contributed by atoms with van der Waals surface area (Å²) in [5.41, 5.74) is 2.30. The lowest BCUT2D eigenvalue weighted by atomic mass is 10.0. The van der Waals surface area contributed by atoms with Crippen molar-refractivity contribution in [2.24, 2.45) is 0 Å². The van der Waals surface area contributed by atoms with Crippen molar-refractivity contribution in [3.63, 3.8) is 0 Å². The predicted octanol–water partition coefficient (Wildman–Crippen LogP) is 1.32. The molecule has 140 valence electrons. The average molecular weight is 359 g/mol. The van der Waals surface area contributed by atoms with E-state index in [1.54, 1.807) is 13.0 Å². The van der Waals surface area contributed by atoms with Crippen LogP contribution in [0.15, 0.2) is 10.6 Å². The van der Waals surface area contributed by atoms with E-state index in [9.17, 15) is 9.90 Å². The maximum absolute atomic E-state index is 12.2. The lowest BCUT2D eigenvalue weighted by Crippen LogP contribution is -2.54. The van der Waals surface area contributed by atoms with Gasteiger partial charge in [-0.05, 0) is 33.6 Å². The smallest absolute Gasteiger partial charge is 0.273 e. The monoisotopic (exact) mass is 359 g/mol. The van der Waals surface area contributed by atoms with Gasteiger partial charge in [0.15, 0.2) is 5.69 Å². The Morgan fingerprint density at radius 2 is 2.15 bits per heavy atom. The molecule has 0 aliphatic carbocycles. The van der Waals surface area contributed by atoms with E-state index in [0.717, 1.165) is 29.3 Å². The van der Waals surface area contributed by atoms with Crippen LogP contribution in [0.1, 0.15) is 46.7 Å². The van der Waals surface area contributed by atoms with Crippen LogP contribution in [0, 0.1) is 20.8 Å². The zero-order valence-electron chi connectivity index (χ0n) is 15.6. The third kappa shape index (κ3) is 3.70. The molecular weight excluding hydrogens is 334 g/mol. The predicted molar refractivity (Wildman–Crippen MR) is 96.2 cm³/mol. The molecule has 0 bridgehead atoms. The van der Waals surface area contributed by atoms with Crippen LogP contribution >= 0.6 is 0 Å². The number of amides is 1. The molecule has 0 radical (unpaired) electrons. The number of aromatic nitrogens is 3. The number of anilines is 1. The molecule has 3 heterocycles. The number of nitrogens with zero attached hydrogens (tertiary/aromatic N) is 4. The summed E-state index contributed by atoms with van der Waals surface area (Å²) in [6.45, 7) is 8.77. The van der Waals surface area contributed by atoms with E-state index in [0.29, 0.717) is 25.3 Å². The summed E-state index contributed by atoms with van der Waals surface area (Å²) in [6, 6.07) is 1.25. The first kappa shape index (κ1) is 18.3. The van der Waals surface area contributed by atoms with Gasteiger partial charge in [-0.3, -0.25) is 4.79 Å². The molecule has 1 saturated heterocycles. The van der Waals surface area contributed by atoms with Crippen molar-refractivity contribution in [1.82, 2.24) is 20.4 Å². The highest BCUT2D eigenvalue weighted by Gasteiger charge is 2.31. The first-order chi connectivity index (χ1) is 12.4.